The summed E-state index contributed by atoms with van der Waals surface area (Å²) in [6, 6.07) is 15.5. The fraction of sp³-hybridized carbons (Fsp3) is 0. The number of sulfonamides is 1. The highest BCUT2D eigenvalue weighted by Gasteiger charge is 2.16. The molecule has 0 radical (unpaired) electrons. The highest BCUT2D eigenvalue weighted by Crippen LogP contribution is 2.28. The first-order chi connectivity index (χ1) is 13.5. The van der Waals surface area contributed by atoms with Crippen LogP contribution in [0.1, 0.15) is 0 Å². The van der Waals surface area contributed by atoms with Gasteiger partial charge in [0.15, 0.2) is 11.6 Å². The average molecular weight is 477 g/mol. The van der Waals surface area contributed by atoms with Gasteiger partial charge >= 0.3 is 0 Å². The Morgan fingerprint density at radius 3 is 2.36 bits per heavy atom. The molecule has 0 aliphatic rings. The SMILES string of the molecule is O=S(=O)(Nc1ccc(Nc2ccc(-n3cccn3)nn2)cc1)c1ccc(Br)s1. The molecular weight excluding hydrogens is 464 g/mol. The summed E-state index contributed by atoms with van der Waals surface area (Å²) in [7, 11) is -3.60. The van der Waals surface area contributed by atoms with Crippen LogP contribution >= 0.6 is 27.3 Å². The summed E-state index contributed by atoms with van der Waals surface area (Å²) in [5.74, 6) is 1.17. The Balaban J connectivity index is 1.43. The molecule has 3 heterocycles. The minimum Gasteiger partial charge on any atom is -0.339 e. The molecule has 28 heavy (non-hydrogen) atoms. The molecule has 4 rings (SSSR count). The average Bonchev–Trinajstić information content (AvgIpc) is 3.36. The van der Waals surface area contributed by atoms with E-state index in [0.717, 1.165) is 20.8 Å². The first kappa shape index (κ1) is 18.6. The van der Waals surface area contributed by atoms with E-state index in [1.54, 1.807) is 71.7 Å². The van der Waals surface area contributed by atoms with Gasteiger partial charge in [0.1, 0.15) is 4.21 Å². The van der Waals surface area contributed by atoms with E-state index in [1.807, 2.05) is 0 Å². The lowest BCUT2D eigenvalue weighted by Crippen LogP contribution is -2.11. The van der Waals surface area contributed by atoms with E-state index in [-0.39, 0.29) is 4.21 Å². The molecule has 0 saturated carbocycles. The van der Waals surface area contributed by atoms with Gasteiger partial charge in [0, 0.05) is 23.8 Å². The van der Waals surface area contributed by atoms with Gasteiger partial charge in [-0.1, -0.05) is 0 Å². The number of aromatic nitrogens is 4. The van der Waals surface area contributed by atoms with Crippen LogP contribution in [0.15, 0.2) is 75.0 Å². The van der Waals surface area contributed by atoms with Crippen molar-refractivity contribution in [2.75, 3.05) is 10.0 Å². The van der Waals surface area contributed by atoms with Gasteiger partial charge in [0.2, 0.25) is 0 Å². The van der Waals surface area contributed by atoms with E-state index in [9.17, 15) is 8.42 Å². The minimum absolute atomic E-state index is 0.245. The maximum Gasteiger partial charge on any atom is 0.271 e. The Hall–Kier alpha value is -2.76. The van der Waals surface area contributed by atoms with Crippen molar-refractivity contribution in [3.63, 3.8) is 0 Å². The van der Waals surface area contributed by atoms with Crippen molar-refractivity contribution < 1.29 is 8.42 Å². The molecule has 0 bridgehead atoms. The number of halogens is 1. The van der Waals surface area contributed by atoms with Gasteiger partial charge in [0.05, 0.1) is 3.79 Å². The largest absolute Gasteiger partial charge is 0.339 e. The smallest absolute Gasteiger partial charge is 0.271 e. The molecule has 0 atom stereocenters. The molecule has 11 heteroatoms. The van der Waals surface area contributed by atoms with E-state index in [0.29, 0.717) is 17.3 Å². The van der Waals surface area contributed by atoms with E-state index in [2.05, 4.69) is 41.3 Å². The summed E-state index contributed by atoms with van der Waals surface area (Å²) in [5, 5.41) is 15.4. The van der Waals surface area contributed by atoms with E-state index < -0.39 is 10.0 Å². The fourth-order valence-corrected chi connectivity index (χ4v) is 5.40. The third-order valence-electron chi connectivity index (χ3n) is 3.61. The van der Waals surface area contributed by atoms with Crippen LogP contribution in [0.4, 0.5) is 17.2 Å². The zero-order chi connectivity index (χ0) is 19.6. The highest BCUT2D eigenvalue weighted by molar-refractivity contribution is 9.11. The predicted octanol–water partition coefficient (Wildman–Crippen LogP) is 4.03. The second-order valence-electron chi connectivity index (χ2n) is 5.59. The number of benzene rings is 1. The maximum atomic E-state index is 12.4. The summed E-state index contributed by atoms with van der Waals surface area (Å²) >= 11 is 4.42. The molecule has 142 valence electrons. The van der Waals surface area contributed by atoms with Crippen LogP contribution in [0.5, 0.6) is 0 Å². The zero-order valence-corrected chi connectivity index (χ0v) is 17.4. The van der Waals surface area contributed by atoms with Crippen LogP contribution in [-0.2, 0) is 10.0 Å². The molecule has 3 aromatic heterocycles. The van der Waals surface area contributed by atoms with E-state index in [1.165, 1.54) is 0 Å². The topological polar surface area (TPSA) is 102 Å². The fourth-order valence-electron chi connectivity index (χ4n) is 2.34. The normalized spacial score (nSPS) is 11.3. The Labute approximate surface area is 173 Å². The molecule has 8 nitrogen and oxygen atoms in total. The molecular formula is C17H13BrN6O2S2. The van der Waals surface area contributed by atoms with Gasteiger partial charge in [-0.3, -0.25) is 4.72 Å². The maximum absolute atomic E-state index is 12.4. The van der Waals surface area contributed by atoms with E-state index in [4.69, 9.17) is 0 Å². The molecule has 1 aromatic carbocycles. The number of nitrogens with one attached hydrogen (secondary N) is 2. The molecule has 2 N–H and O–H groups in total. The molecule has 0 amide bonds. The van der Waals surface area contributed by atoms with Crippen molar-refractivity contribution >= 4 is 54.5 Å². The van der Waals surface area contributed by atoms with Gasteiger partial charge in [-0.2, -0.15) is 5.10 Å². The van der Waals surface area contributed by atoms with Crippen molar-refractivity contribution in [3.05, 3.63) is 70.8 Å². The van der Waals surface area contributed by atoms with Gasteiger partial charge in [-0.25, -0.2) is 13.1 Å². The zero-order valence-electron chi connectivity index (χ0n) is 14.2. The summed E-state index contributed by atoms with van der Waals surface area (Å²) in [5.41, 5.74) is 1.22. The second-order valence-corrected chi connectivity index (χ2v) is 9.97. The molecule has 0 fully saturated rings. The molecule has 0 aliphatic heterocycles. The van der Waals surface area contributed by atoms with Crippen LogP contribution in [0.3, 0.4) is 0 Å². The van der Waals surface area contributed by atoms with Crippen molar-refractivity contribution in [3.8, 4) is 5.82 Å². The first-order valence-electron chi connectivity index (χ1n) is 7.99. The summed E-state index contributed by atoms with van der Waals surface area (Å²) in [6.45, 7) is 0. The lowest BCUT2D eigenvalue weighted by Gasteiger charge is -2.09. The number of rotatable bonds is 6. The Morgan fingerprint density at radius 1 is 0.964 bits per heavy atom. The van der Waals surface area contributed by atoms with Crippen molar-refractivity contribution in [1.29, 1.82) is 0 Å². The highest BCUT2D eigenvalue weighted by atomic mass is 79.9. The first-order valence-corrected chi connectivity index (χ1v) is 11.1. The van der Waals surface area contributed by atoms with Gasteiger partial charge < -0.3 is 5.32 Å². The number of hydrogen-bond donors (Lipinski definition) is 2. The number of nitrogens with zero attached hydrogens (tertiary/aromatic N) is 4. The van der Waals surface area contributed by atoms with Crippen LogP contribution in [0.2, 0.25) is 0 Å². The monoisotopic (exact) mass is 476 g/mol. The minimum atomic E-state index is -3.60. The summed E-state index contributed by atoms with van der Waals surface area (Å²) in [6.07, 6.45) is 3.45. The van der Waals surface area contributed by atoms with E-state index >= 15 is 0 Å². The van der Waals surface area contributed by atoms with Gasteiger partial charge in [-0.05, 0) is 70.5 Å². The third kappa shape index (κ3) is 4.21. The number of anilines is 3. The Morgan fingerprint density at radius 2 is 1.75 bits per heavy atom. The van der Waals surface area contributed by atoms with Crippen LogP contribution < -0.4 is 10.0 Å². The number of hydrogen-bond acceptors (Lipinski definition) is 7. The molecule has 0 saturated heterocycles. The molecule has 0 aliphatic carbocycles. The predicted molar refractivity (Wildman–Crippen MR) is 112 cm³/mol. The second kappa shape index (κ2) is 7.70. The molecule has 0 unspecified atom stereocenters. The van der Waals surface area contributed by atoms with Crippen LogP contribution in [0, 0.1) is 0 Å². The Bertz CT molecular complexity index is 1170. The van der Waals surface area contributed by atoms with Gasteiger partial charge in [0.25, 0.3) is 10.0 Å². The Kier molecular flexibility index (Phi) is 5.11. The standard InChI is InChI=1S/C17H13BrN6O2S2/c18-14-6-9-17(27-14)28(25,26)23-13-4-2-12(3-5-13)20-15-7-8-16(22-21-15)24-11-1-10-19-24/h1-11,23H,(H,20,21). The van der Waals surface area contributed by atoms with Crippen molar-refractivity contribution in [2.45, 2.75) is 4.21 Å². The van der Waals surface area contributed by atoms with Crippen molar-refractivity contribution in [1.82, 2.24) is 20.0 Å². The van der Waals surface area contributed by atoms with Gasteiger partial charge in [-0.15, -0.1) is 21.5 Å². The third-order valence-corrected chi connectivity index (χ3v) is 7.11. The lowest BCUT2D eigenvalue weighted by atomic mass is 10.3. The quantitative estimate of drug-likeness (QED) is 0.435. The van der Waals surface area contributed by atoms with Crippen LogP contribution in [-0.4, -0.2) is 28.4 Å². The molecule has 0 spiro atoms. The lowest BCUT2D eigenvalue weighted by molar-refractivity contribution is 0.603. The number of thiophene rings is 1. The van der Waals surface area contributed by atoms with Crippen LogP contribution in [0.25, 0.3) is 5.82 Å². The summed E-state index contributed by atoms with van der Waals surface area (Å²) in [4.78, 5) is 0. The van der Waals surface area contributed by atoms with Crippen molar-refractivity contribution in [2.24, 2.45) is 0 Å². The summed E-state index contributed by atoms with van der Waals surface area (Å²) < 4.78 is 29.9. The molecule has 4 aromatic rings.